The van der Waals surface area contributed by atoms with E-state index in [1.165, 1.54) is 28.7 Å². The number of nitrogens with one attached hydrogen (secondary N) is 2. The zero-order valence-corrected chi connectivity index (χ0v) is 28.3. The number of thiazole rings is 2. The summed E-state index contributed by atoms with van der Waals surface area (Å²) in [7, 11) is 1.79. The summed E-state index contributed by atoms with van der Waals surface area (Å²) in [6.45, 7) is 3.20. The molecule has 0 saturated carbocycles. The summed E-state index contributed by atoms with van der Waals surface area (Å²) >= 11 is 2.80. The molecule has 11 nitrogen and oxygen atoms in total. The van der Waals surface area contributed by atoms with Crippen molar-refractivity contribution in [1.29, 1.82) is 0 Å². The number of aliphatic hydroxyl groups excluding tert-OH is 1. The number of rotatable bonds is 16. The highest BCUT2D eigenvalue weighted by Crippen LogP contribution is 2.34. The number of unbranched alkanes of at least 4 members (excludes halogenated alkanes) is 2. The molecule has 0 bridgehead atoms. The van der Waals surface area contributed by atoms with Crippen molar-refractivity contribution in [1.82, 2.24) is 25.5 Å². The molecule has 3 heterocycles. The van der Waals surface area contributed by atoms with Crippen LogP contribution in [0.1, 0.15) is 52.2 Å². The van der Waals surface area contributed by atoms with Crippen LogP contribution in [0, 0.1) is 24.6 Å². The van der Waals surface area contributed by atoms with Crippen LogP contribution in [0.2, 0.25) is 0 Å². The molecule has 5 rings (SSSR count). The first-order chi connectivity index (χ1) is 23.4. The van der Waals surface area contributed by atoms with Gasteiger partial charge in [-0.1, -0.05) is 35.3 Å². The van der Waals surface area contributed by atoms with Gasteiger partial charge in [0.1, 0.15) is 0 Å². The third-order valence-corrected chi connectivity index (χ3v) is 9.25. The normalized spacial score (nSPS) is 10.9. The quantitative estimate of drug-likeness (QED) is 0.0683. The van der Waals surface area contributed by atoms with Crippen LogP contribution in [0.4, 0.5) is 26.3 Å². The second-order valence-electron chi connectivity index (χ2n) is 10.8. The lowest BCUT2D eigenvalue weighted by atomic mass is 10.2. The molecule has 2 aromatic carbocycles. The van der Waals surface area contributed by atoms with E-state index in [2.05, 4.69) is 42.6 Å². The van der Waals surface area contributed by atoms with Crippen molar-refractivity contribution in [2.75, 3.05) is 43.6 Å². The number of hydrogen-bond donors (Lipinski definition) is 4. The number of aliphatic hydroxyl groups is 1. The number of halogens is 1. The number of hydrogen-bond acceptors (Lipinski definition) is 12. The zero-order chi connectivity index (χ0) is 33.9. The molecule has 250 valence electrons. The standard InChI is InChI=1S/C34H36FN7O4S2/c1-22-20-29(40-41-31(22)39-33-37-25-11-4-5-12-27(25)47-33)42(17-6-3-7-18-43)34-38-30(32(44)45)28(48-34)13-9-19-46-26-15-14-23(21-24(26)35)10-8-16-36-2/h4-5,11-12,14-15,20-21,36,43H,3,6-7,9,13,16-19H2,1-2H3,(H,44,45)(H,37,39,41). The summed E-state index contributed by atoms with van der Waals surface area (Å²) in [5.74, 6) is 5.34. The average Bonchev–Trinajstić information content (AvgIpc) is 3.69. The highest BCUT2D eigenvalue weighted by molar-refractivity contribution is 7.22. The van der Waals surface area contributed by atoms with Crippen LogP contribution in [-0.2, 0) is 6.42 Å². The Kier molecular flexibility index (Phi) is 12.2. The molecule has 0 aliphatic heterocycles. The molecule has 0 fully saturated rings. The summed E-state index contributed by atoms with van der Waals surface area (Å²) in [6.07, 6.45) is 2.98. The van der Waals surface area contributed by atoms with Gasteiger partial charge in [-0.05, 0) is 88.0 Å². The van der Waals surface area contributed by atoms with Crippen LogP contribution in [0.5, 0.6) is 5.75 Å². The molecule has 0 amide bonds. The predicted molar refractivity (Wildman–Crippen MR) is 188 cm³/mol. The molecule has 4 N–H and O–H groups in total. The number of anilines is 4. The van der Waals surface area contributed by atoms with Crippen LogP contribution < -0.4 is 20.3 Å². The minimum absolute atomic E-state index is 0.0372. The summed E-state index contributed by atoms with van der Waals surface area (Å²) < 4.78 is 21.3. The second kappa shape index (κ2) is 16.9. The summed E-state index contributed by atoms with van der Waals surface area (Å²) in [4.78, 5) is 23.8. The smallest absolute Gasteiger partial charge is 0.355 e. The Morgan fingerprint density at radius 2 is 1.92 bits per heavy atom. The molecule has 5 aromatic rings. The number of benzene rings is 2. The van der Waals surface area contributed by atoms with Crippen molar-refractivity contribution in [3.8, 4) is 17.6 Å². The van der Waals surface area contributed by atoms with Crippen molar-refractivity contribution in [2.45, 2.75) is 39.0 Å². The highest BCUT2D eigenvalue weighted by atomic mass is 32.1. The van der Waals surface area contributed by atoms with Crippen LogP contribution in [0.3, 0.4) is 0 Å². The molecule has 0 aliphatic carbocycles. The van der Waals surface area contributed by atoms with Crippen molar-refractivity contribution >= 4 is 60.8 Å². The summed E-state index contributed by atoms with van der Waals surface area (Å²) in [5, 5.41) is 35.6. The number of aryl methyl sites for hydroxylation is 2. The Labute approximate surface area is 285 Å². The van der Waals surface area contributed by atoms with Crippen molar-refractivity contribution in [3.05, 3.63) is 76.0 Å². The van der Waals surface area contributed by atoms with Crippen LogP contribution in [-0.4, -0.2) is 69.7 Å². The lowest BCUT2D eigenvalue weighted by Crippen LogP contribution is -2.21. The number of carboxylic acids is 1. The van der Waals surface area contributed by atoms with E-state index in [1.807, 2.05) is 42.2 Å². The monoisotopic (exact) mass is 689 g/mol. The fourth-order valence-corrected chi connectivity index (χ4v) is 6.75. The topological polar surface area (TPSA) is 146 Å². The Bertz CT molecular complexity index is 1890. The van der Waals surface area contributed by atoms with Crippen LogP contribution in [0.15, 0.2) is 48.5 Å². The maximum Gasteiger partial charge on any atom is 0.355 e. The van der Waals surface area contributed by atoms with Crippen molar-refractivity contribution < 1.29 is 24.1 Å². The number of aromatic nitrogens is 4. The molecule has 0 unspecified atom stereocenters. The molecule has 48 heavy (non-hydrogen) atoms. The number of para-hydroxylation sites is 1. The predicted octanol–water partition coefficient (Wildman–Crippen LogP) is 6.32. The lowest BCUT2D eigenvalue weighted by Gasteiger charge is -2.21. The van der Waals surface area contributed by atoms with Gasteiger partial charge in [0, 0.05) is 23.6 Å². The van der Waals surface area contributed by atoms with E-state index in [-0.39, 0.29) is 24.7 Å². The van der Waals surface area contributed by atoms with Gasteiger partial charge in [0.25, 0.3) is 0 Å². The van der Waals surface area contributed by atoms with Gasteiger partial charge >= 0.3 is 5.97 Å². The number of ether oxygens (including phenoxy) is 1. The van der Waals surface area contributed by atoms with Crippen molar-refractivity contribution in [3.63, 3.8) is 0 Å². The molecule has 0 aliphatic rings. The van der Waals surface area contributed by atoms with E-state index in [1.54, 1.807) is 19.2 Å². The first-order valence-corrected chi connectivity index (χ1v) is 17.1. The molecular formula is C34H36FN7O4S2. The minimum atomic E-state index is -1.13. The average molecular weight is 690 g/mol. The third-order valence-electron chi connectivity index (χ3n) is 7.16. The maximum absolute atomic E-state index is 14.6. The molecule has 0 atom stereocenters. The van der Waals surface area contributed by atoms with Gasteiger partial charge in [0.15, 0.2) is 39.2 Å². The maximum atomic E-state index is 14.6. The van der Waals surface area contributed by atoms with Gasteiger partial charge in [-0.2, -0.15) is 0 Å². The number of carboxylic acid groups (broad SMARTS) is 1. The van der Waals surface area contributed by atoms with Gasteiger partial charge in [0.2, 0.25) is 0 Å². The van der Waals surface area contributed by atoms with Gasteiger partial charge < -0.3 is 30.5 Å². The fraction of sp³-hybridized carbons (Fsp3) is 0.324. The molecule has 0 spiro atoms. The minimum Gasteiger partial charge on any atom is -0.491 e. The van der Waals surface area contributed by atoms with Crippen LogP contribution in [0.25, 0.3) is 10.2 Å². The zero-order valence-electron chi connectivity index (χ0n) is 26.6. The Morgan fingerprint density at radius 1 is 1.06 bits per heavy atom. The summed E-state index contributed by atoms with van der Waals surface area (Å²) in [6, 6.07) is 14.3. The van der Waals surface area contributed by atoms with E-state index in [9.17, 15) is 19.4 Å². The molecule has 0 radical (unpaired) electrons. The van der Waals surface area contributed by atoms with E-state index in [0.717, 1.165) is 28.6 Å². The number of carbonyl (C=O) groups is 1. The Balaban J connectivity index is 1.30. The Hall–Kier alpha value is -4.68. The third kappa shape index (κ3) is 9.02. The lowest BCUT2D eigenvalue weighted by molar-refractivity contribution is 0.0690. The van der Waals surface area contributed by atoms with Gasteiger partial charge in [-0.15, -0.1) is 21.5 Å². The highest BCUT2D eigenvalue weighted by Gasteiger charge is 2.23. The molecule has 14 heteroatoms. The Morgan fingerprint density at radius 3 is 2.67 bits per heavy atom. The molecule has 0 saturated heterocycles. The van der Waals surface area contributed by atoms with E-state index >= 15 is 0 Å². The SMILES string of the molecule is CNCC#Cc1ccc(OCCCc2sc(N(CCCCCO)c3cc(C)c(Nc4nc5ccccc5s4)nn3)nc2C(=O)O)c(F)c1. The van der Waals surface area contributed by atoms with Gasteiger partial charge in [-0.3, -0.25) is 0 Å². The number of aromatic carboxylic acids is 1. The largest absolute Gasteiger partial charge is 0.491 e. The molecule has 3 aromatic heterocycles. The van der Waals surface area contributed by atoms with E-state index in [0.29, 0.717) is 64.7 Å². The fourth-order valence-electron chi connectivity index (χ4n) is 4.76. The first-order valence-electron chi connectivity index (χ1n) is 15.5. The number of nitrogens with zero attached hydrogens (tertiary/aromatic N) is 5. The first kappa shape index (κ1) is 34.6. The van der Waals surface area contributed by atoms with Gasteiger partial charge in [0.05, 0.1) is 23.4 Å². The van der Waals surface area contributed by atoms with Crippen LogP contribution >= 0.6 is 22.7 Å². The molecular weight excluding hydrogens is 654 g/mol. The second-order valence-corrected chi connectivity index (χ2v) is 12.9. The van der Waals surface area contributed by atoms with Gasteiger partial charge in [-0.25, -0.2) is 19.2 Å². The van der Waals surface area contributed by atoms with Crippen molar-refractivity contribution in [2.24, 2.45) is 0 Å². The summed E-state index contributed by atoms with van der Waals surface area (Å²) in [5.41, 5.74) is 2.24. The van der Waals surface area contributed by atoms with E-state index < -0.39 is 11.8 Å². The van der Waals surface area contributed by atoms with E-state index in [4.69, 9.17) is 4.74 Å². The number of fused-ring (bicyclic) bond motifs is 1.